The van der Waals surface area contributed by atoms with Gasteiger partial charge in [0.05, 0.1) is 18.7 Å². The van der Waals surface area contributed by atoms with Gasteiger partial charge >= 0.3 is 0 Å². The van der Waals surface area contributed by atoms with Crippen LogP contribution >= 0.6 is 35.7 Å². The molecule has 1 aliphatic carbocycles. The number of hydrogen-bond acceptors (Lipinski definition) is 5. The highest BCUT2D eigenvalue weighted by Crippen LogP contribution is 2.28. The van der Waals surface area contributed by atoms with Crippen LogP contribution in [0.2, 0.25) is 0 Å². The summed E-state index contributed by atoms with van der Waals surface area (Å²) in [7, 11) is 0. The van der Waals surface area contributed by atoms with Crippen molar-refractivity contribution >= 4 is 47.6 Å². The van der Waals surface area contributed by atoms with Gasteiger partial charge in [-0.2, -0.15) is 11.8 Å². The summed E-state index contributed by atoms with van der Waals surface area (Å²) >= 11 is 1.80. The molecule has 2 aliphatic heterocycles. The number of guanidine groups is 1. The summed E-state index contributed by atoms with van der Waals surface area (Å²) in [5.74, 6) is 2.83. The van der Waals surface area contributed by atoms with Crippen molar-refractivity contribution in [2.75, 3.05) is 57.3 Å². The third-order valence-corrected chi connectivity index (χ3v) is 6.16. The number of carbonyl (C=O) groups excluding carboxylic acids is 1. The van der Waals surface area contributed by atoms with E-state index in [2.05, 4.69) is 27.4 Å². The molecule has 150 valence electrons. The number of amides is 1. The third kappa shape index (κ3) is 6.72. The van der Waals surface area contributed by atoms with Gasteiger partial charge in [0, 0.05) is 44.5 Å². The minimum absolute atomic E-state index is 0. The van der Waals surface area contributed by atoms with Crippen LogP contribution in [0.4, 0.5) is 0 Å². The lowest BCUT2D eigenvalue weighted by molar-refractivity contribution is -0.122. The Balaban J connectivity index is 0.00000243. The molecule has 0 aromatic rings. The summed E-state index contributed by atoms with van der Waals surface area (Å²) < 4.78 is 0. The van der Waals surface area contributed by atoms with E-state index in [1.165, 1.54) is 0 Å². The molecule has 0 radical (unpaired) electrons. The van der Waals surface area contributed by atoms with E-state index in [1.807, 2.05) is 0 Å². The highest BCUT2D eigenvalue weighted by Gasteiger charge is 2.32. The van der Waals surface area contributed by atoms with Crippen LogP contribution < -0.4 is 10.6 Å². The number of piperazine rings is 1. The van der Waals surface area contributed by atoms with E-state index in [0.717, 1.165) is 69.5 Å². The fourth-order valence-corrected chi connectivity index (χ4v) is 4.48. The van der Waals surface area contributed by atoms with Crippen molar-refractivity contribution in [2.24, 2.45) is 4.99 Å². The molecule has 3 aliphatic rings. The van der Waals surface area contributed by atoms with Crippen LogP contribution in [-0.2, 0) is 4.79 Å². The minimum Gasteiger partial charge on any atom is -0.387 e. The van der Waals surface area contributed by atoms with Crippen molar-refractivity contribution in [3.05, 3.63) is 0 Å². The highest BCUT2D eigenvalue weighted by molar-refractivity contribution is 14.0. The molecule has 7 nitrogen and oxygen atoms in total. The molecule has 0 aromatic heterocycles. The van der Waals surface area contributed by atoms with Crippen molar-refractivity contribution in [2.45, 2.75) is 37.8 Å². The van der Waals surface area contributed by atoms with Gasteiger partial charge in [0.15, 0.2) is 5.96 Å². The first-order valence-corrected chi connectivity index (χ1v) is 10.6. The summed E-state index contributed by atoms with van der Waals surface area (Å²) in [6, 6.07) is 0.431. The topological polar surface area (TPSA) is 80.2 Å². The summed E-state index contributed by atoms with van der Waals surface area (Å²) in [5, 5.41) is 16.9. The van der Waals surface area contributed by atoms with Crippen LogP contribution in [0.1, 0.15) is 26.2 Å². The predicted octanol–water partition coefficient (Wildman–Crippen LogP) is 0.334. The lowest BCUT2D eigenvalue weighted by Gasteiger charge is -2.36. The van der Waals surface area contributed by atoms with Crippen LogP contribution in [0.25, 0.3) is 0 Å². The van der Waals surface area contributed by atoms with Crippen LogP contribution in [0, 0.1) is 0 Å². The monoisotopic (exact) mass is 497 g/mol. The van der Waals surface area contributed by atoms with Gasteiger partial charge < -0.3 is 20.6 Å². The van der Waals surface area contributed by atoms with Crippen molar-refractivity contribution in [3.63, 3.8) is 0 Å². The number of aliphatic imine (C=N–C) groups is 1. The lowest BCUT2D eigenvalue weighted by atomic mass is 10.0. The molecule has 3 rings (SSSR count). The standard InChI is InChI=1S/C17H31N5O2S.HI/c1-2-18-16(19-12-17(24)5-10-25-13-17)22-8-6-21(7-9-22)11-15(23)20-14-3-4-14;/h14,24H,2-13H2,1H3,(H,18,19)(H,20,23);1H. The molecule has 1 atom stereocenters. The Morgan fingerprint density at radius 1 is 1.31 bits per heavy atom. The van der Waals surface area contributed by atoms with Crippen molar-refractivity contribution in [3.8, 4) is 0 Å². The Morgan fingerprint density at radius 3 is 2.62 bits per heavy atom. The smallest absolute Gasteiger partial charge is 0.234 e. The fourth-order valence-electron chi connectivity index (χ4n) is 3.19. The lowest BCUT2D eigenvalue weighted by Crippen LogP contribution is -2.54. The zero-order valence-corrected chi connectivity index (χ0v) is 18.7. The molecule has 0 spiro atoms. The van der Waals surface area contributed by atoms with E-state index in [9.17, 15) is 9.90 Å². The zero-order valence-electron chi connectivity index (χ0n) is 15.6. The first-order valence-electron chi connectivity index (χ1n) is 9.43. The summed E-state index contributed by atoms with van der Waals surface area (Å²) in [6.07, 6.45) is 3.09. The van der Waals surface area contributed by atoms with Gasteiger partial charge in [-0.05, 0) is 31.9 Å². The van der Waals surface area contributed by atoms with Crippen LogP contribution in [0.15, 0.2) is 4.99 Å². The molecule has 26 heavy (non-hydrogen) atoms. The van der Waals surface area contributed by atoms with Gasteiger partial charge in [-0.15, -0.1) is 24.0 Å². The van der Waals surface area contributed by atoms with Gasteiger partial charge in [-0.25, -0.2) is 0 Å². The molecule has 1 saturated carbocycles. The van der Waals surface area contributed by atoms with E-state index in [-0.39, 0.29) is 29.9 Å². The highest BCUT2D eigenvalue weighted by atomic mass is 127. The second-order valence-corrected chi connectivity index (χ2v) is 8.41. The summed E-state index contributed by atoms with van der Waals surface area (Å²) in [6.45, 7) is 7.28. The molecule has 3 fully saturated rings. The average Bonchev–Trinajstić information content (AvgIpc) is 3.30. The largest absolute Gasteiger partial charge is 0.387 e. The quantitative estimate of drug-likeness (QED) is 0.279. The normalized spacial score (nSPS) is 27.2. The minimum atomic E-state index is -0.645. The second-order valence-electron chi connectivity index (χ2n) is 7.30. The predicted molar refractivity (Wildman–Crippen MR) is 117 cm³/mol. The van der Waals surface area contributed by atoms with E-state index in [1.54, 1.807) is 11.8 Å². The maximum atomic E-state index is 11.9. The number of thioether (sulfide) groups is 1. The molecule has 0 aromatic carbocycles. The maximum absolute atomic E-state index is 11.9. The number of nitrogens with zero attached hydrogens (tertiary/aromatic N) is 3. The number of aliphatic hydroxyl groups is 1. The third-order valence-electron chi connectivity index (χ3n) is 4.92. The van der Waals surface area contributed by atoms with Crippen LogP contribution in [-0.4, -0.2) is 95.7 Å². The first-order chi connectivity index (χ1) is 12.1. The Hall–Kier alpha value is -0.260. The Kier molecular flexibility index (Phi) is 8.75. The van der Waals surface area contributed by atoms with Gasteiger partial charge in [-0.1, -0.05) is 0 Å². The molecule has 2 saturated heterocycles. The molecule has 1 unspecified atom stereocenters. The number of carbonyl (C=O) groups is 1. The summed E-state index contributed by atoms with van der Waals surface area (Å²) in [5.41, 5.74) is -0.645. The average molecular weight is 497 g/mol. The number of rotatable bonds is 6. The maximum Gasteiger partial charge on any atom is 0.234 e. The van der Waals surface area contributed by atoms with E-state index in [0.29, 0.717) is 19.1 Å². The SMILES string of the molecule is CCNC(=NCC1(O)CCSC1)N1CCN(CC(=O)NC2CC2)CC1.I. The molecule has 3 N–H and O–H groups in total. The number of hydrogen-bond donors (Lipinski definition) is 3. The Bertz CT molecular complexity index is 490. The van der Waals surface area contributed by atoms with Gasteiger partial charge in [0.25, 0.3) is 0 Å². The van der Waals surface area contributed by atoms with Crippen molar-refractivity contribution in [1.82, 2.24) is 20.4 Å². The van der Waals surface area contributed by atoms with Crippen LogP contribution in [0.3, 0.4) is 0 Å². The molecule has 1 amide bonds. The van der Waals surface area contributed by atoms with Gasteiger partial charge in [0.1, 0.15) is 0 Å². The van der Waals surface area contributed by atoms with Gasteiger partial charge in [0.2, 0.25) is 5.91 Å². The van der Waals surface area contributed by atoms with Crippen molar-refractivity contribution in [1.29, 1.82) is 0 Å². The number of nitrogens with one attached hydrogen (secondary N) is 2. The zero-order chi connectivity index (χ0) is 17.7. The van der Waals surface area contributed by atoms with Crippen molar-refractivity contribution < 1.29 is 9.90 Å². The van der Waals surface area contributed by atoms with E-state index < -0.39 is 5.60 Å². The fraction of sp³-hybridized carbons (Fsp3) is 0.882. The molecule has 2 heterocycles. The molecule has 0 bridgehead atoms. The van der Waals surface area contributed by atoms with Gasteiger partial charge in [-0.3, -0.25) is 14.7 Å². The second kappa shape index (κ2) is 10.3. The van der Waals surface area contributed by atoms with E-state index >= 15 is 0 Å². The number of halogens is 1. The summed E-state index contributed by atoms with van der Waals surface area (Å²) in [4.78, 5) is 21.1. The Labute approximate surface area is 177 Å². The van der Waals surface area contributed by atoms with Crippen LogP contribution in [0.5, 0.6) is 0 Å². The Morgan fingerprint density at radius 2 is 2.04 bits per heavy atom. The molecular weight excluding hydrogens is 465 g/mol. The first kappa shape index (κ1) is 22.0. The molecule has 9 heteroatoms. The molecular formula is C17H32IN5O2S. The van der Waals surface area contributed by atoms with E-state index in [4.69, 9.17) is 4.99 Å².